The third-order valence-corrected chi connectivity index (χ3v) is 4.88. The van der Waals surface area contributed by atoms with E-state index in [0.29, 0.717) is 5.56 Å². The van der Waals surface area contributed by atoms with Crippen molar-refractivity contribution in [2.24, 2.45) is 0 Å². The van der Waals surface area contributed by atoms with E-state index >= 15 is 0 Å². The Labute approximate surface area is 167 Å². The number of anilines is 2. The Morgan fingerprint density at radius 3 is 2.39 bits per heavy atom. The monoisotopic (exact) mass is 382 g/mol. The van der Waals surface area contributed by atoms with Gasteiger partial charge < -0.3 is 19.7 Å². The summed E-state index contributed by atoms with van der Waals surface area (Å²) in [5.74, 6) is 0.691. The number of hydrogen-bond acceptors (Lipinski definition) is 4. The molecular weight excluding hydrogens is 352 g/mol. The molecule has 3 rings (SSSR count). The largest absolute Gasteiger partial charge is 0.494 e. The van der Waals surface area contributed by atoms with Crippen LogP contribution in [0.15, 0.2) is 48.5 Å². The first-order valence-electron chi connectivity index (χ1n) is 10.2. The lowest BCUT2D eigenvalue weighted by Crippen LogP contribution is -2.36. The Morgan fingerprint density at radius 1 is 1.00 bits per heavy atom. The van der Waals surface area contributed by atoms with Crippen LogP contribution in [0.25, 0.3) is 0 Å². The van der Waals surface area contributed by atoms with Crippen LogP contribution in [0.2, 0.25) is 0 Å². The zero-order valence-electron chi connectivity index (χ0n) is 16.7. The minimum Gasteiger partial charge on any atom is -0.494 e. The van der Waals surface area contributed by atoms with Gasteiger partial charge in [-0.05, 0) is 55.0 Å². The second-order valence-electron chi connectivity index (χ2n) is 7.03. The number of morpholine rings is 1. The first kappa shape index (κ1) is 20.2. The third kappa shape index (κ3) is 5.99. The van der Waals surface area contributed by atoms with Crippen LogP contribution in [-0.4, -0.2) is 38.8 Å². The summed E-state index contributed by atoms with van der Waals surface area (Å²) in [6.07, 6.45) is 4.73. The van der Waals surface area contributed by atoms with E-state index in [9.17, 15) is 4.79 Å². The highest BCUT2D eigenvalue weighted by Crippen LogP contribution is 2.20. The molecule has 0 radical (unpaired) electrons. The molecule has 28 heavy (non-hydrogen) atoms. The molecule has 1 N–H and O–H groups in total. The predicted molar refractivity (Wildman–Crippen MR) is 114 cm³/mol. The van der Waals surface area contributed by atoms with Gasteiger partial charge in [0.05, 0.1) is 19.8 Å². The summed E-state index contributed by atoms with van der Waals surface area (Å²) in [7, 11) is 0. The van der Waals surface area contributed by atoms with Crippen molar-refractivity contribution in [2.75, 3.05) is 43.1 Å². The van der Waals surface area contributed by atoms with Crippen molar-refractivity contribution in [2.45, 2.75) is 32.6 Å². The summed E-state index contributed by atoms with van der Waals surface area (Å²) in [4.78, 5) is 14.8. The zero-order chi connectivity index (χ0) is 19.6. The fourth-order valence-electron chi connectivity index (χ4n) is 3.20. The average molecular weight is 383 g/mol. The van der Waals surface area contributed by atoms with Crippen LogP contribution in [-0.2, 0) is 4.74 Å². The number of carbonyl (C=O) groups is 1. The van der Waals surface area contributed by atoms with Crippen molar-refractivity contribution in [1.82, 2.24) is 0 Å². The summed E-state index contributed by atoms with van der Waals surface area (Å²) in [6, 6.07) is 15.3. The molecular formula is C23H30N2O3. The van der Waals surface area contributed by atoms with Crippen molar-refractivity contribution in [3.8, 4) is 5.75 Å². The normalized spacial score (nSPS) is 14.0. The lowest BCUT2D eigenvalue weighted by atomic mass is 10.2. The maximum absolute atomic E-state index is 12.5. The molecule has 1 heterocycles. The van der Waals surface area contributed by atoms with Crippen LogP contribution < -0.4 is 15.0 Å². The molecule has 2 aromatic rings. The Bertz CT molecular complexity index is 723. The van der Waals surface area contributed by atoms with Crippen molar-refractivity contribution in [3.63, 3.8) is 0 Å². The summed E-state index contributed by atoms with van der Waals surface area (Å²) >= 11 is 0. The minimum absolute atomic E-state index is 0.117. The Kier molecular flexibility index (Phi) is 7.73. The molecule has 0 spiro atoms. The molecule has 5 nitrogen and oxygen atoms in total. The molecule has 1 fully saturated rings. The Balaban J connectivity index is 1.48. The lowest BCUT2D eigenvalue weighted by Gasteiger charge is -2.28. The number of unbranched alkanes of at least 4 members (excludes halogenated alkanes) is 3. The van der Waals surface area contributed by atoms with Crippen LogP contribution in [0.1, 0.15) is 43.0 Å². The van der Waals surface area contributed by atoms with Gasteiger partial charge in [0.15, 0.2) is 0 Å². The van der Waals surface area contributed by atoms with Gasteiger partial charge in [-0.25, -0.2) is 0 Å². The Morgan fingerprint density at radius 2 is 1.71 bits per heavy atom. The van der Waals surface area contributed by atoms with Gasteiger partial charge in [0.2, 0.25) is 0 Å². The van der Waals surface area contributed by atoms with Gasteiger partial charge in [-0.15, -0.1) is 0 Å². The highest BCUT2D eigenvalue weighted by Gasteiger charge is 2.11. The van der Waals surface area contributed by atoms with Gasteiger partial charge in [-0.2, -0.15) is 0 Å². The molecule has 5 heteroatoms. The van der Waals surface area contributed by atoms with Crippen molar-refractivity contribution in [1.29, 1.82) is 0 Å². The van der Waals surface area contributed by atoms with Crippen molar-refractivity contribution < 1.29 is 14.3 Å². The van der Waals surface area contributed by atoms with E-state index in [1.54, 1.807) is 12.1 Å². The molecule has 0 unspecified atom stereocenters. The third-order valence-electron chi connectivity index (χ3n) is 4.88. The molecule has 150 valence electrons. The lowest BCUT2D eigenvalue weighted by molar-refractivity contribution is 0.102. The highest BCUT2D eigenvalue weighted by molar-refractivity contribution is 6.04. The Hall–Kier alpha value is -2.53. The minimum atomic E-state index is -0.117. The summed E-state index contributed by atoms with van der Waals surface area (Å²) in [5.41, 5.74) is 2.57. The van der Waals surface area contributed by atoms with E-state index in [2.05, 4.69) is 17.1 Å². The number of benzene rings is 2. The van der Waals surface area contributed by atoms with E-state index in [1.165, 1.54) is 19.3 Å². The molecule has 1 amide bonds. The first-order chi connectivity index (χ1) is 13.8. The van der Waals surface area contributed by atoms with Gasteiger partial charge in [0.1, 0.15) is 5.75 Å². The second-order valence-corrected chi connectivity index (χ2v) is 7.03. The number of ether oxygens (including phenoxy) is 2. The fraction of sp³-hybridized carbons (Fsp3) is 0.435. The van der Waals surface area contributed by atoms with Crippen LogP contribution in [0.5, 0.6) is 5.75 Å². The topological polar surface area (TPSA) is 50.8 Å². The van der Waals surface area contributed by atoms with Crippen LogP contribution in [0, 0.1) is 0 Å². The molecule has 1 saturated heterocycles. The molecule has 0 aromatic heterocycles. The quantitative estimate of drug-likeness (QED) is 0.637. The van der Waals surface area contributed by atoms with Gasteiger partial charge in [-0.3, -0.25) is 4.79 Å². The highest BCUT2D eigenvalue weighted by atomic mass is 16.5. The predicted octanol–water partition coefficient (Wildman–Crippen LogP) is 4.73. The van der Waals surface area contributed by atoms with Gasteiger partial charge in [-0.1, -0.05) is 26.2 Å². The molecule has 1 aliphatic heterocycles. The number of nitrogens with zero attached hydrogens (tertiary/aromatic N) is 1. The molecule has 0 saturated carbocycles. The van der Waals surface area contributed by atoms with Crippen LogP contribution in [0.4, 0.5) is 11.4 Å². The van der Waals surface area contributed by atoms with Crippen LogP contribution in [0.3, 0.4) is 0 Å². The molecule has 0 bridgehead atoms. The van der Waals surface area contributed by atoms with Crippen LogP contribution >= 0.6 is 0 Å². The van der Waals surface area contributed by atoms with E-state index in [1.807, 2.05) is 36.4 Å². The molecule has 2 aromatic carbocycles. The summed E-state index contributed by atoms with van der Waals surface area (Å²) in [6.45, 7) is 6.25. The van der Waals surface area contributed by atoms with Gasteiger partial charge in [0.25, 0.3) is 5.91 Å². The average Bonchev–Trinajstić information content (AvgIpc) is 2.75. The number of nitrogens with one attached hydrogen (secondary N) is 1. The molecule has 1 aliphatic rings. The van der Waals surface area contributed by atoms with Gasteiger partial charge >= 0.3 is 0 Å². The second kappa shape index (κ2) is 10.7. The molecule has 0 aliphatic carbocycles. The zero-order valence-corrected chi connectivity index (χ0v) is 16.7. The first-order valence-corrected chi connectivity index (χ1v) is 10.2. The van der Waals surface area contributed by atoms with E-state index in [4.69, 9.17) is 9.47 Å². The number of amides is 1. The number of hydrogen-bond donors (Lipinski definition) is 1. The van der Waals surface area contributed by atoms with Gasteiger partial charge in [0, 0.05) is 30.0 Å². The van der Waals surface area contributed by atoms with Crippen molar-refractivity contribution in [3.05, 3.63) is 54.1 Å². The SMILES string of the molecule is CCCCCCOc1ccc(C(=O)Nc2ccc(N3CCOCC3)cc2)cc1. The standard InChI is InChI=1S/C23H30N2O3/c1-2-3-4-5-16-28-22-12-6-19(7-13-22)23(26)24-20-8-10-21(11-9-20)25-14-17-27-18-15-25/h6-13H,2-5,14-18H2,1H3,(H,24,26). The van der Waals surface area contributed by atoms with E-state index in [0.717, 1.165) is 56.5 Å². The number of carbonyl (C=O) groups excluding carboxylic acids is 1. The fourth-order valence-corrected chi connectivity index (χ4v) is 3.20. The smallest absolute Gasteiger partial charge is 0.255 e. The maximum Gasteiger partial charge on any atom is 0.255 e. The van der Waals surface area contributed by atoms with E-state index < -0.39 is 0 Å². The summed E-state index contributed by atoms with van der Waals surface area (Å²) < 4.78 is 11.1. The summed E-state index contributed by atoms with van der Waals surface area (Å²) in [5, 5.41) is 2.95. The molecule has 0 atom stereocenters. The van der Waals surface area contributed by atoms with E-state index in [-0.39, 0.29) is 5.91 Å². The number of rotatable bonds is 9. The van der Waals surface area contributed by atoms with Crippen molar-refractivity contribution >= 4 is 17.3 Å². The maximum atomic E-state index is 12.5.